The first-order chi connectivity index (χ1) is 8.09. The van der Waals surface area contributed by atoms with E-state index in [1.807, 2.05) is 17.5 Å². The summed E-state index contributed by atoms with van der Waals surface area (Å²) in [5.41, 5.74) is 5.93. The van der Waals surface area contributed by atoms with Gasteiger partial charge in [0.2, 0.25) is 5.82 Å². The number of thiophene rings is 1. The van der Waals surface area contributed by atoms with Crippen LogP contribution in [-0.4, -0.2) is 4.92 Å². The summed E-state index contributed by atoms with van der Waals surface area (Å²) < 4.78 is 13.1. The number of benzene rings is 1. The monoisotopic (exact) mass is 252 g/mol. The highest BCUT2D eigenvalue weighted by atomic mass is 32.1. The molecule has 1 atom stereocenters. The second-order valence-corrected chi connectivity index (χ2v) is 4.44. The lowest BCUT2D eigenvalue weighted by Crippen LogP contribution is -2.10. The van der Waals surface area contributed by atoms with Crippen molar-refractivity contribution in [3.05, 3.63) is 62.1 Å². The van der Waals surface area contributed by atoms with Crippen molar-refractivity contribution in [2.24, 2.45) is 5.73 Å². The van der Waals surface area contributed by atoms with E-state index in [0.717, 1.165) is 10.9 Å². The Bertz CT molecular complexity index is 542. The van der Waals surface area contributed by atoms with Crippen LogP contribution in [0.5, 0.6) is 0 Å². The molecule has 0 amide bonds. The lowest BCUT2D eigenvalue weighted by atomic mass is 10.1. The summed E-state index contributed by atoms with van der Waals surface area (Å²) in [6, 6.07) is 6.93. The number of hydrogen-bond donors (Lipinski definition) is 1. The minimum absolute atomic E-state index is 0.464. The van der Waals surface area contributed by atoms with Crippen LogP contribution in [0.25, 0.3) is 0 Å². The number of nitro benzene ring substituents is 1. The summed E-state index contributed by atoms with van der Waals surface area (Å²) >= 11 is 1.46. The Kier molecular flexibility index (Phi) is 3.16. The number of rotatable bonds is 3. The lowest BCUT2D eigenvalue weighted by molar-refractivity contribution is -0.387. The maximum atomic E-state index is 13.1. The van der Waals surface area contributed by atoms with E-state index in [2.05, 4.69) is 0 Å². The van der Waals surface area contributed by atoms with Crippen molar-refractivity contribution in [3.8, 4) is 0 Å². The van der Waals surface area contributed by atoms with Crippen LogP contribution < -0.4 is 5.73 Å². The van der Waals surface area contributed by atoms with Gasteiger partial charge in [0.15, 0.2) is 0 Å². The molecule has 2 rings (SSSR count). The van der Waals surface area contributed by atoms with Gasteiger partial charge in [0.05, 0.1) is 11.0 Å². The Morgan fingerprint density at radius 2 is 2.18 bits per heavy atom. The van der Waals surface area contributed by atoms with Crippen molar-refractivity contribution >= 4 is 17.0 Å². The number of nitrogens with zero attached hydrogens (tertiary/aromatic N) is 1. The van der Waals surface area contributed by atoms with Gasteiger partial charge in [-0.05, 0) is 23.1 Å². The van der Waals surface area contributed by atoms with Gasteiger partial charge in [-0.2, -0.15) is 4.39 Å². The summed E-state index contributed by atoms with van der Waals surface area (Å²) in [7, 11) is 0. The molecule has 0 aliphatic carbocycles. The normalized spacial score (nSPS) is 12.4. The Morgan fingerprint density at radius 3 is 2.76 bits per heavy atom. The third kappa shape index (κ3) is 2.32. The molecule has 17 heavy (non-hydrogen) atoms. The summed E-state index contributed by atoms with van der Waals surface area (Å²) in [5.74, 6) is -0.850. The summed E-state index contributed by atoms with van der Waals surface area (Å²) in [6.45, 7) is 0. The zero-order valence-electron chi connectivity index (χ0n) is 8.67. The molecule has 0 fully saturated rings. The third-order valence-corrected chi connectivity index (χ3v) is 3.33. The highest BCUT2D eigenvalue weighted by Crippen LogP contribution is 2.27. The van der Waals surface area contributed by atoms with Crippen LogP contribution in [0, 0.1) is 15.9 Å². The molecule has 2 aromatic rings. The predicted molar refractivity (Wildman–Crippen MR) is 63.4 cm³/mol. The zero-order valence-corrected chi connectivity index (χ0v) is 9.49. The second kappa shape index (κ2) is 4.60. The van der Waals surface area contributed by atoms with Crippen LogP contribution in [0.3, 0.4) is 0 Å². The molecule has 6 heteroatoms. The van der Waals surface area contributed by atoms with Crippen LogP contribution >= 0.6 is 11.3 Å². The smallest absolute Gasteiger partial charge is 0.305 e. The standard InChI is InChI=1S/C11H9FN2O2S/c12-8-4-3-7(6-9(8)14(15)16)11(13)10-2-1-5-17-10/h1-6,11H,13H2/t11-/m1/s1. The summed E-state index contributed by atoms with van der Waals surface area (Å²) in [5, 5.41) is 12.5. The van der Waals surface area contributed by atoms with Gasteiger partial charge in [-0.3, -0.25) is 10.1 Å². The minimum Gasteiger partial charge on any atom is -0.320 e. The number of nitro groups is 1. The maximum Gasteiger partial charge on any atom is 0.305 e. The molecular formula is C11H9FN2O2S. The minimum atomic E-state index is -0.850. The molecule has 0 radical (unpaired) electrons. The van der Waals surface area contributed by atoms with E-state index in [-0.39, 0.29) is 0 Å². The van der Waals surface area contributed by atoms with Crippen LogP contribution in [-0.2, 0) is 0 Å². The molecule has 4 nitrogen and oxygen atoms in total. The average molecular weight is 252 g/mol. The van der Waals surface area contributed by atoms with Gasteiger partial charge < -0.3 is 5.73 Å². The Morgan fingerprint density at radius 1 is 1.41 bits per heavy atom. The molecule has 1 aromatic carbocycles. The van der Waals surface area contributed by atoms with E-state index in [1.54, 1.807) is 0 Å². The Hall–Kier alpha value is -1.79. The first-order valence-electron chi connectivity index (χ1n) is 4.82. The van der Waals surface area contributed by atoms with E-state index in [9.17, 15) is 14.5 Å². The van der Waals surface area contributed by atoms with E-state index in [1.165, 1.54) is 23.5 Å². The Labute approximate surface area is 101 Å². The number of halogens is 1. The summed E-state index contributed by atoms with van der Waals surface area (Å²) in [4.78, 5) is 10.7. The van der Waals surface area contributed by atoms with Gasteiger partial charge in [-0.1, -0.05) is 12.1 Å². The van der Waals surface area contributed by atoms with E-state index >= 15 is 0 Å². The molecule has 0 saturated carbocycles. The molecule has 0 aliphatic rings. The predicted octanol–water partition coefficient (Wildman–Crippen LogP) is 2.84. The van der Waals surface area contributed by atoms with E-state index in [0.29, 0.717) is 5.56 Å². The molecule has 88 valence electrons. The topological polar surface area (TPSA) is 69.2 Å². The molecule has 0 aliphatic heterocycles. The molecular weight excluding hydrogens is 243 g/mol. The van der Waals surface area contributed by atoms with Gasteiger partial charge in [0.1, 0.15) is 0 Å². The highest BCUT2D eigenvalue weighted by Gasteiger charge is 2.18. The van der Waals surface area contributed by atoms with Crippen molar-refractivity contribution in [1.29, 1.82) is 0 Å². The van der Waals surface area contributed by atoms with Gasteiger partial charge in [-0.15, -0.1) is 11.3 Å². The third-order valence-electron chi connectivity index (χ3n) is 2.38. The summed E-state index contributed by atoms with van der Waals surface area (Å²) in [6.07, 6.45) is 0. The van der Waals surface area contributed by atoms with Crippen molar-refractivity contribution < 1.29 is 9.31 Å². The SMILES string of the molecule is N[C@H](c1ccc(F)c([N+](=O)[O-])c1)c1cccs1. The second-order valence-electron chi connectivity index (χ2n) is 3.46. The number of nitrogens with two attached hydrogens (primary N) is 1. The molecule has 0 spiro atoms. The van der Waals surface area contributed by atoms with Crippen LogP contribution in [0.4, 0.5) is 10.1 Å². The van der Waals surface area contributed by atoms with E-state index < -0.39 is 22.5 Å². The molecule has 0 unspecified atom stereocenters. The average Bonchev–Trinajstić information content (AvgIpc) is 2.81. The molecule has 1 heterocycles. The maximum absolute atomic E-state index is 13.1. The van der Waals surface area contributed by atoms with Gasteiger partial charge in [0, 0.05) is 10.9 Å². The largest absolute Gasteiger partial charge is 0.320 e. The molecule has 1 aromatic heterocycles. The van der Waals surface area contributed by atoms with Gasteiger partial charge in [-0.25, -0.2) is 0 Å². The van der Waals surface area contributed by atoms with E-state index in [4.69, 9.17) is 5.73 Å². The van der Waals surface area contributed by atoms with Crippen LogP contribution in [0.2, 0.25) is 0 Å². The Balaban J connectivity index is 2.40. The van der Waals surface area contributed by atoms with Crippen molar-refractivity contribution in [2.75, 3.05) is 0 Å². The first-order valence-corrected chi connectivity index (χ1v) is 5.70. The molecule has 0 bridgehead atoms. The lowest BCUT2D eigenvalue weighted by Gasteiger charge is -2.09. The van der Waals surface area contributed by atoms with Gasteiger partial charge in [0.25, 0.3) is 0 Å². The number of hydrogen-bond acceptors (Lipinski definition) is 4. The van der Waals surface area contributed by atoms with Gasteiger partial charge >= 0.3 is 5.69 Å². The van der Waals surface area contributed by atoms with Crippen LogP contribution in [0.15, 0.2) is 35.7 Å². The highest BCUT2D eigenvalue weighted by molar-refractivity contribution is 7.10. The molecule has 2 N–H and O–H groups in total. The fourth-order valence-electron chi connectivity index (χ4n) is 1.50. The van der Waals surface area contributed by atoms with Crippen LogP contribution in [0.1, 0.15) is 16.5 Å². The van der Waals surface area contributed by atoms with Crippen molar-refractivity contribution in [2.45, 2.75) is 6.04 Å². The fourth-order valence-corrected chi connectivity index (χ4v) is 2.25. The fraction of sp³-hybridized carbons (Fsp3) is 0.0909. The molecule has 0 saturated heterocycles. The quantitative estimate of drug-likeness (QED) is 0.674. The first kappa shape index (κ1) is 11.7. The zero-order chi connectivity index (χ0) is 12.4. The van der Waals surface area contributed by atoms with Crippen molar-refractivity contribution in [3.63, 3.8) is 0 Å². The van der Waals surface area contributed by atoms with Crippen molar-refractivity contribution in [1.82, 2.24) is 0 Å².